The maximum Gasteiger partial charge on any atom is 0.274 e. The van der Waals surface area contributed by atoms with Gasteiger partial charge in [-0.1, -0.05) is 0 Å². The lowest BCUT2D eigenvalue weighted by Crippen LogP contribution is -2.41. The first-order valence-electron chi connectivity index (χ1n) is 14.1. The molecule has 11 heteroatoms. The molecule has 1 aromatic heterocycles. The second-order valence-electron chi connectivity index (χ2n) is 11.1. The number of hydrogen-bond acceptors (Lipinski definition) is 8. The number of nitrogens with zero attached hydrogens (tertiary/aromatic N) is 4. The molecule has 2 aromatic rings. The second kappa shape index (κ2) is 11.2. The lowest BCUT2D eigenvalue weighted by molar-refractivity contribution is 0.0297. The van der Waals surface area contributed by atoms with Crippen molar-refractivity contribution >= 4 is 15.7 Å². The predicted octanol–water partition coefficient (Wildman–Crippen LogP) is 2.77. The zero-order valence-corrected chi connectivity index (χ0v) is 23.5. The number of hydrogen-bond donors (Lipinski definition) is 0. The van der Waals surface area contributed by atoms with Gasteiger partial charge in [-0.05, 0) is 69.3 Å². The quantitative estimate of drug-likeness (QED) is 0.533. The van der Waals surface area contributed by atoms with Crippen molar-refractivity contribution in [2.45, 2.75) is 48.8 Å². The number of carbonyl (C=O) groups is 1. The van der Waals surface area contributed by atoms with Gasteiger partial charge in [0.25, 0.3) is 5.91 Å². The first kappa shape index (κ1) is 26.7. The number of aromatic nitrogens is 2. The van der Waals surface area contributed by atoms with Crippen LogP contribution in [-0.2, 0) is 25.1 Å². The summed E-state index contributed by atoms with van der Waals surface area (Å²) in [5.41, 5.74) is 2.14. The van der Waals surface area contributed by atoms with Crippen molar-refractivity contribution in [3.05, 3.63) is 29.5 Å². The van der Waals surface area contributed by atoms with Gasteiger partial charge >= 0.3 is 0 Å². The van der Waals surface area contributed by atoms with Crippen LogP contribution in [0.25, 0.3) is 11.3 Å². The third-order valence-electron chi connectivity index (χ3n) is 8.64. The van der Waals surface area contributed by atoms with E-state index >= 15 is 0 Å². The summed E-state index contributed by atoms with van der Waals surface area (Å²) >= 11 is 0. The molecule has 212 valence electrons. The fourth-order valence-corrected chi connectivity index (χ4v) is 8.03. The van der Waals surface area contributed by atoms with Crippen LogP contribution < -0.4 is 4.74 Å². The van der Waals surface area contributed by atoms with Crippen LogP contribution in [0.5, 0.6) is 5.75 Å². The Morgan fingerprint density at radius 1 is 1.08 bits per heavy atom. The Morgan fingerprint density at radius 2 is 1.85 bits per heavy atom. The van der Waals surface area contributed by atoms with Crippen LogP contribution in [0.4, 0.5) is 0 Å². The van der Waals surface area contributed by atoms with Crippen LogP contribution in [0.3, 0.4) is 0 Å². The van der Waals surface area contributed by atoms with Crippen LogP contribution in [0.1, 0.15) is 54.2 Å². The van der Waals surface area contributed by atoms with E-state index in [1.54, 1.807) is 23.1 Å². The molecule has 4 aliphatic rings. The number of sulfone groups is 1. The van der Waals surface area contributed by atoms with Gasteiger partial charge in [-0.2, -0.15) is 5.10 Å². The fourth-order valence-electron chi connectivity index (χ4n) is 6.43. The Labute approximate surface area is 230 Å². The van der Waals surface area contributed by atoms with E-state index in [9.17, 15) is 13.2 Å². The Balaban J connectivity index is 1.36. The molecule has 6 rings (SSSR count). The number of ether oxygens (including phenoxy) is 3. The third kappa shape index (κ3) is 5.33. The number of fused-ring (bicyclic) bond motifs is 3. The standard InChI is InChI=1S/C28H38N4O6S/c1-36-22-4-5-23-25(17-22)39(34,35)19-24-26(28(33)31-11-15-38-16-12-31)29-32(27(23)24)21-3-2-9-30(18-21)10-6-20-7-13-37-14-8-20/h4-5,17,20-21H,2-3,6-16,18-19H2,1H3. The van der Waals surface area contributed by atoms with Crippen molar-refractivity contribution in [2.24, 2.45) is 5.92 Å². The van der Waals surface area contributed by atoms with Crippen LogP contribution >= 0.6 is 0 Å². The summed E-state index contributed by atoms with van der Waals surface area (Å²) in [5.74, 6) is 0.746. The topological polar surface area (TPSA) is 103 Å². The van der Waals surface area contributed by atoms with Gasteiger partial charge in [-0.25, -0.2) is 8.42 Å². The van der Waals surface area contributed by atoms with Gasteiger partial charge < -0.3 is 24.0 Å². The molecule has 1 aromatic carbocycles. The molecule has 4 aliphatic heterocycles. The molecule has 1 unspecified atom stereocenters. The molecule has 0 radical (unpaired) electrons. The van der Waals surface area contributed by atoms with Crippen LogP contribution in [0.2, 0.25) is 0 Å². The number of amides is 1. The highest BCUT2D eigenvalue weighted by atomic mass is 32.2. The number of methoxy groups -OCH3 is 1. The minimum atomic E-state index is -3.67. The minimum absolute atomic E-state index is 0.0594. The summed E-state index contributed by atoms with van der Waals surface area (Å²) in [6, 6.07) is 5.24. The maximum atomic E-state index is 13.7. The summed E-state index contributed by atoms with van der Waals surface area (Å²) < 4.78 is 45.2. The van der Waals surface area contributed by atoms with Crippen LogP contribution in [-0.4, -0.2) is 100 Å². The molecule has 1 atom stereocenters. The van der Waals surface area contributed by atoms with E-state index in [1.807, 2.05) is 4.68 Å². The Hall–Kier alpha value is -2.47. The van der Waals surface area contributed by atoms with Crippen molar-refractivity contribution in [2.75, 3.05) is 66.3 Å². The highest BCUT2D eigenvalue weighted by Gasteiger charge is 2.39. The lowest BCUT2D eigenvalue weighted by atomic mass is 9.95. The van der Waals surface area contributed by atoms with Crippen molar-refractivity contribution in [1.29, 1.82) is 0 Å². The van der Waals surface area contributed by atoms with E-state index in [4.69, 9.17) is 19.3 Å². The Kier molecular flexibility index (Phi) is 7.67. The van der Waals surface area contributed by atoms with Gasteiger partial charge in [-0.15, -0.1) is 0 Å². The molecule has 0 N–H and O–H groups in total. The van der Waals surface area contributed by atoms with Gasteiger partial charge in [0, 0.05) is 44.0 Å². The van der Waals surface area contributed by atoms with Crippen molar-refractivity contribution < 1.29 is 27.4 Å². The average Bonchev–Trinajstić information content (AvgIpc) is 3.35. The first-order chi connectivity index (χ1) is 18.9. The molecular weight excluding hydrogens is 520 g/mol. The number of morpholine rings is 1. The molecule has 0 spiro atoms. The third-order valence-corrected chi connectivity index (χ3v) is 10.3. The average molecular weight is 559 g/mol. The summed E-state index contributed by atoms with van der Waals surface area (Å²) in [6.45, 7) is 6.53. The number of likely N-dealkylation sites (tertiary alicyclic amines) is 1. The van der Waals surface area contributed by atoms with E-state index in [-0.39, 0.29) is 28.3 Å². The van der Waals surface area contributed by atoms with E-state index in [1.165, 1.54) is 7.11 Å². The zero-order chi connectivity index (χ0) is 27.0. The Morgan fingerprint density at radius 3 is 2.62 bits per heavy atom. The van der Waals surface area contributed by atoms with Gasteiger partial charge in [0.15, 0.2) is 15.5 Å². The largest absolute Gasteiger partial charge is 0.497 e. The molecule has 5 heterocycles. The molecule has 0 aliphatic carbocycles. The Bertz CT molecular complexity index is 1310. The highest BCUT2D eigenvalue weighted by molar-refractivity contribution is 7.90. The summed E-state index contributed by atoms with van der Waals surface area (Å²) in [4.78, 5) is 18.2. The molecule has 1 amide bonds. The summed E-state index contributed by atoms with van der Waals surface area (Å²) in [5, 5.41) is 4.93. The fraction of sp³-hybridized carbons (Fsp3) is 0.643. The van der Waals surface area contributed by atoms with E-state index in [0.29, 0.717) is 49.1 Å². The molecule has 0 bridgehead atoms. The van der Waals surface area contributed by atoms with Crippen LogP contribution in [0, 0.1) is 5.92 Å². The monoisotopic (exact) mass is 558 g/mol. The summed E-state index contributed by atoms with van der Waals surface area (Å²) in [7, 11) is -2.14. The van der Waals surface area contributed by atoms with Crippen molar-refractivity contribution in [3.63, 3.8) is 0 Å². The lowest BCUT2D eigenvalue weighted by Gasteiger charge is -2.35. The molecule has 39 heavy (non-hydrogen) atoms. The van der Waals surface area contributed by atoms with E-state index in [0.717, 1.165) is 70.6 Å². The zero-order valence-electron chi connectivity index (χ0n) is 22.6. The first-order valence-corrected chi connectivity index (χ1v) is 15.8. The molecule has 0 saturated carbocycles. The van der Waals surface area contributed by atoms with Crippen LogP contribution in [0.15, 0.2) is 23.1 Å². The molecule has 3 saturated heterocycles. The predicted molar refractivity (Wildman–Crippen MR) is 145 cm³/mol. The smallest absolute Gasteiger partial charge is 0.274 e. The minimum Gasteiger partial charge on any atom is -0.497 e. The number of piperidine rings is 1. The van der Waals surface area contributed by atoms with E-state index < -0.39 is 9.84 Å². The summed E-state index contributed by atoms with van der Waals surface area (Å²) in [6.07, 6.45) is 5.39. The number of rotatable bonds is 6. The molecule has 10 nitrogen and oxygen atoms in total. The van der Waals surface area contributed by atoms with Gasteiger partial charge in [0.05, 0.1) is 42.7 Å². The highest BCUT2D eigenvalue weighted by Crippen LogP contribution is 2.43. The maximum absolute atomic E-state index is 13.7. The molecule has 3 fully saturated rings. The van der Waals surface area contributed by atoms with Crippen molar-refractivity contribution in [3.8, 4) is 17.0 Å². The van der Waals surface area contributed by atoms with E-state index in [2.05, 4.69) is 4.90 Å². The normalized spacial score (nSPS) is 23.7. The van der Waals surface area contributed by atoms with Gasteiger partial charge in [-0.3, -0.25) is 9.48 Å². The number of carbonyl (C=O) groups excluding carboxylic acids is 1. The van der Waals surface area contributed by atoms with Crippen molar-refractivity contribution in [1.82, 2.24) is 19.6 Å². The second-order valence-corrected chi connectivity index (χ2v) is 13.0. The molecular formula is C28H38N4O6S. The van der Waals surface area contributed by atoms with Gasteiger partial charge in [0.1, 0.15) is 5.75 Å². The van der Waals surface area contributed by atoms with Gasteiger partial charge in [0.2, 0.25) is 0 Å². The SMILES string of the molecule is COc1ccc2c(c1)S(=O)(=O)Cc1c(C(=O)N3CCOCC3)nn(C3CCCN(CCC4CCOCC4)C3)c1-2. The number of benzene rings is 1.